The van der Waals surface area contributed by atoms with Gasteiger partial charge < -0.3 is 0 Å². The largest absolute Gasteiger partial charge is 0.272 e. The number of benzene rings is 3. The molecule has 0 unspecified atom stereocenters. The molecule has 4 aromatic rings. The number of rotatable bonds is 8. The van der Waals surface area contributed by atoms with E-state index in [-0.39, 0.29) is 11.7 Å². The van der Waals surface area contributed by atoms with Gasteiger partial charge in [0.15, 0.2) is 11.0 Å². The lowest BCUT2D eigenvalue weighted by atomic mass is 10.1. The molecular weight excluding hydrogens is 510 g/mol. The zero-order valence-electron chi connectivity index (χ0n) is 18.4. The van der Waals surface area contributed by atoms with Gasteiger partial charge >= 0.3 is 0 Å². The Bertz CT molecular complexity index is 1300. The Morgan fingerprint density at radius 3 is 2.38 bits per heavy atom. The predicted molar refractivity (Wildman–Crippen MR) is 142 cm³/mol. The first-order valence-electron chi connectivity index (χ1n) is 10.5. The smallest absolute Gasteiger partial charge is 0.250 e. The highest BCUT2D eigenvalue weighted by Crippen LogP contribution is 2.28. The second-order valence-corrected chi connectivity index (χ2v) is 9.22. The normalized spacial score (nSPS) is 11.6. The number of aromatic nitrogens is 3. The summed E-state index contributed by atoms with van der Waals surface area (Å²) in [6.07, 6.45) is 3.47. The van der Waals surface area contributed by atoms with E-state index in [9.17, 15) is 4.79 Å². The monoisotopic (exact) mass is 531 g/mol. The van der Waals surface area contributed by atoms with E-state index in [2.05, 4.69) is 36.7 Å². The molecule has 0 spiro atoms. The minimum Gasteiger partial charge on any atom is -0.272 e. The summed E-state index contributed by atoms with van der Waals surface area (Å²) in [5.41, 5.74) is 6.65. The van der Waals surface area contributed by atoms with E-state index in [4.69, 9.17) is 0 Å². The van der Waals surface area contributed by atoms with Crippen molar-refractivity contribution in [1.29, 1.82) is 0 Å². The van der Waals surface area contributed by atoms with Crippen molar-refractivity contribution in [2.45, 2.75) is 12.1 Å². The quantitative estimate of drug-likeness (QED) is 0.175. The van der Waals surface area contributed by atoms with Crippen molar-refractivity contribution >= 4 is 45.9 Å². The highest BCUT2D eigenvalue weighted by molar-refractivity contribution is 9.12. The first-order valence-corrected chi connectivity index (χ1v) is 12.3. The van der Waals surface area contributed by atoms with Crippen LogP contribution < -0.4 is 5.43 Å². The average Bonchev–Trinajstić information content (AvgIpc) is 3.28. The lowest BCUT2D eigenvalue weighted by Gasteiger charge is -2.10. The molecule has 0 saturated carbocycles. The molecule has 0 aliphatic carbocycles. The maximum Gasteiger partial charge on any atom is 0.250 e. The number of amides is 1. The van der Waals surface area contributed by atoms with Gasteiger partial charge in [-0.3, -0.25) is 9.36 Å². The predicted octanol–water partition coefficient (Wildman–Crippen LogP) is 5.87. The molecular formula is C26H22BrN5OS. The van der Waals surface area contributed by atoms with Crippen LogP contribution in [0, 0.1) is 6.92 Å². The third kappa shape index (κ3) is 6.30. The highest BCUT2D eigenvalue weighted by Gasteiger charge is 2.17. The summed E-state index contributed by atoms with van der Waals surface area (Å²) in [5, 5.41) is 13.4. The van der Waals surface area contributed by atoms with Crippen molar-refractivity contribution in [3.63, 3.8) is 0 Å². The van der Waals surface area contributed by atoms with Crippen LogP contribution in [0.1, 0.15) is 11.1 Å². The van der Waals surface area contributed by atoms with Gasteiger partial charge in [0.25, 0.3) is 5.91 Å². The van der Waals surface area contributed by atoms with E-state index in [1.807, 2.05) is 102 Å². The molecule has 0 aliphatic heterocycles. The van der Waals surface area contributed by atoms with E-state index in [1.165, 1.54) is 17.3 Å². The van der Waals surface area contributed by atoms with Gasteiger partial charge in [0, 0.05) is 15.7 Å². The summed E-state index contributed by atoms with van der Waals surface area (Å²) in [5.74, 6) is 0.638. The fourth-order valence-corrected chi connectivity index (χ4v) is 4.25. The van der Waals surface area contributed by atoms with Gasteiger partial charge in [0.05, 0.1) is 12.0 Å². The maximum absolute atomic E-state index is 12.4. The van der Waals surface area contributed by atoms with Crippen molar-refractivity contribution < 1.29 is 4.79 Å². The van der Waals surface area contributed by atoms with Crippen LogP contribution in [0.3, 0.4) is 0 Å². The molecule has 1 aromatic heterocycles. The Labute approximate surface area is 210 Å². The molecule has 6 nitrogen and oxygen atoms in total. The maximum atomic E-state index is 12.4. The molecule has 1 heterocycles. The number of nitrogens with one attached hydrogen (secondary N) is 1. The molecule has 3 aromatic carbocycles. The SMILES string of the molecule is Cc1ccc(-c2nnc(SCC(=O)N/N=C\C(Br)=C\c3ccccc3)n2-c2ccccc2)cc1. The van der Waals surface area contributed by atoms with E-state index < -0.39 is 0 Å². The average molecular weight is 532 g/mol. The van der Waals surface area contributed by atoms with Gasteiger partial charge in [-0.15, -0.1) is 10.2 Å². The van der Waals surface area contributed by atoms with Crippen LogP contribution in [0.5, 0.6) is 0 Å². The third-order valence-electron chi connectivity index (χ3n) is 4.77. The lowest BCUT2D eigenvalue weighted by Crippen LogP contribution is -2.19. The highest BCUT2D eigenvalue weighted by atomic mass is 79.9. The fraction of sp³-hybridized carbons (Fsp3) is 0.0769. The van der Waals surface area contributed by atoms with Crippen molar-refractivity contribution in [2.24, 2.45) is 5.10 Å². The first-order chi connectivity index (χ1) is 16.6. The second kappa shape index (κ2) is 11.6. The van der Waals surface area contributed by atoms with Crippen molar-refractivity contribution in [3.8, 4) is 17.1 Å². The Hall–Kier alpha value is -3.49. The molecule has 0 radical (unpaired) electrons. The molecule has 170 valence electrons. The van der Waals surface area contributed by atoms with Crippen LogP contribution in [0.25, 0.3) is 23.2 Å². The molecule has 0 bridgehead atoms. The van der Waals surface area contributed by atoms with Crippen molar-refractivity contribution in [1.82, 2.24) is 20.2 Å². The van der Waals surface area contributed by atoms with Gasteiger partial charge in [-0.05, 0) is 46.6 Å². The van der Waals surface area contributed by atoms with E-state index >= 15 is 0 Å². The Morgan fingerprint density at radius 2 is 1.68 bits per heavy atom. The summed E-state index contributed by atoms with van der Waals surface area (Å²) >= 11 is 4.75. The molecule has 0 saturated heterocycles. The molecule has 4 rings (SSSR count). The third-order valence-corrected chi connectivity index (χ3v) is 6.13. The van der Waals surface area contributed by atoms with Crippen LogP contribution >= 0.6 is 27.7 Å². The molecule has 0 aliphatic rings. The second-order valence-electron chi connectivity index (χ2n) is 7.36. The number of hydrazone groups is 1. The molecule has 0 atom stereocenters. The summed E-state index contributed by atoms with van der Waals surface area (Å²) < 4.78 is 2.71. The van der Waals surface area contributed by atoms with Gasteiger partial charge in [-0.2, -0.15) is 5.10 Å². The zero-order chi connectivity index (χ0) is 23.8. The molecule has 34 heavy (non-hydrogen) atoms. The molecule has 8 heteroatoms. The number of para-hydroxylation sites is 1. The fourth-order valence-electron chi connectivity index (χ4n) is 3.14. The van der Waals surface area contributed by atoms with Gasteiger partial charge in [0.1, 0.15) is 0 Å². The number of hydrogen-bond acceptors (Lipinski definition) is 5. The van der Waals surface area contributed by atoms with E-state index in [0.29, 0.717) is 5.16 Å². The number of allylic oxidation sites excluding steroid dienone is 1. The van der Waals surface area contributed by atoms with Crippen LogP contribution in [-0.2, 0) is 4.79 Å². The lowest BCUT2D eigenvalue weighted by molar-refractivity contribution is -0.118. The topological polar surface area (TPSA) is 72.2 Å². The van der Waals surface area contributed by atoms with E-state index in [1.54, 1.807) is 6.21 Å². The molecule has 1 N–H and O–H groups in total. The number of aryl methyl sites for hydroxylation is 1. The Kier molecular flexibility index (Phi) is 8.06. The number of hydrogen-bond donors (Lipinski definition) is 1. The minimum absolute atomic E-state index is 0.149. The molecule has 1 amide bonds. The number of thioether (sulfide) groups is 1. The Morgan fingerprint density at radius 1 is 1.00 bits per heavy atom. The number of halogens is 1. The van der Waals surface area contributed by atoms with Gasteiger partial charge in [0.2, 0.25) is 0 Å². The number of carbonyl (C=O) groups excluding carboxylic acids is 1. The summed E-state index contributed by atoms with van der Waals surface area (Å²) in [6.45, 7) is 2.05. The van der Waals surface area contributed by atoms with E-state index in [0.717, 1.165) is 27.1 Å². The van der Waals surface area contributed by atoms with Crippen LogP contribution in [0.2, 0.25) is 0 Å². The summed E-state index contributed by atoms with van der Waals surface area (Å²) in [4.78, 5) is 12.4. The van der Waals surface area contributed by atoms with Crippen molar-refractivity contribution in [2.75, 3.05) is 5.75 Å². The summed E-state index contributed by atoms with van der Waals surface area (Å²) in [7, 11) is 0. The van der Waals surface area contributed by atoms with Crippen molar-refractivity contribution in [3.05, 3.63) is 101 Å². The van der Waals surface area contributed by atoms with Gasteiger partial charge in [-0.25, -0.2) is 5.43 Å². The zero-order valence-corrected chi connectivity index (χ0v) is 20.8. The van der Waals surface area contributed by atoms with Crippen LogP contribution in [-0.4, -0.2) is 32.6 Å². The van der Waals surface area contributed by atoms with Gasteiger partial charge in [-0.1, -0.05) is 90.1 Å². The van der Waals surface area contributed by atoms with Crippen LogP contribution in [0.15, 0.2) is 99.7 Å². The summed E-state index contributed by atoms with van der Waals surface area (Å²) in [6, 6.07) is 27.8. The minimum atomic E-state index is -0.235. The Balaban J connectivity index is 1.45. The first kappa shape index (κ1) is 23.7. The van der Waals surface area contributed by atoms with Crippen LogP contribution in [0.4, 0.5) is 0 Å². The number of carbonyl (C=O) groups is 1. The number of nitrogens with zero attached hydrogens (tertiary/aromatic N) is 4. The standard InChI is InChI=1S/C26H22BrN5OS/c1-19-12-14-21(15-13-19)25-30-31-26(32(25)23-10-6-3-7-11-23)34-18-24(33)29-28-17-22(27)16-20-8-4-2-5-9-20/h2-17H,18H2,1H3,(H,29,33)/b22-16-,28-17-. The molecule has 0 fully saturated rings.